The van der Waals surface area contributed by atoms with Crippen molar-refractivity contribution < 1.29 is 13.6 Å². The van der Waals surface area contributed by atoms with Gasteiger partial charge >= 0.3 is 0 Å². The molecule has 0 aromatic heterocycles. The van der Waals surface area contributed by atoms with E-state index >= 15 is 0 Å². The number of Topliss-reactive ketones (excluding diaryl/α,β-unsaturated/α-hetero) is 1. The van der Waals surface area contributed by atoms with Crippen LogP contribution in [0.15, 0.2) is 51.8 Å². The number of halogens is 3. The smallest absolute Gasteiger partial charge is 0.179 e. The average Bonchev–Trinajstić information content (AvgIpc) is 2.42. The molecular weight excluding hydrogens is 334 g/mol. The summed E-state index contributed by atoms with van der Waals surface area (Å²) in [7, 11) is 0. The lowest BCUT2D eigenvalue weighted by molar-refractivity contribution is 0.101. The minimum Gasteiger partial charge on any atom is -0.293 e. The normalized spacial score (nSPS) is 10.5. The molecule has 0 atom stereocenters. The number of hydrogen-bond donors (Lipinski definition) is 0. The Morgan fingerprint density at radius 3 is 2.47 bits per heavy atom. The number of thioether (sulfide) groups is 1. The van der Waals surface area contributed by atoms with Gasteiger partial charge < -0.3 is 0 Å². The molecule has 0 aliphatic carbocycles. The molecule has 0 unspecified atom stereocenters. The van der Waals surface area contributed by atoms with Crippen LogP contribution in [-0.4, -0.2) is 11.5 Å². The van der Waals surface area contributed by atoms with E-state index in [2.05, 4.69) is 15.9 Å². The minimum absolute atomic E-state index is 0.00565. The highest BCUT2D eigenvalue weighted by atomic mass is 79.9. The van der Waals surface area contributed by atoms with E-state index in [0.29, 0.717) is 0 Å². The van der Waals surface area contributed by atoms with Crippen LogP contribution in [0.4, 0.5) is 8.78 Å². The lowest BCUT2D eigenvalue weighted by Crippen LogP contribution is -2.09. The highest BCUT2D eigenvalue weighted by Gasteiger charge is 2.19. The van der Waals surface area contributed by atoms with Gasteiger partial charge in [-0.05, 0) is 40.2 Å². The topological polar surface area (TPSA) is 17.1 Å². The van der Waals surface area contributed by atoms with Gasteiger partial charge in [-0.3, -0.25) is 4.79 Å². The van der Waals surface area contributed by atoms with Crippen molar-refractivity contribution in [3.05, 3.63) is 64.1 Å². The fourth-order valence-electron chi connectivity index (χ4n) is 1.52. The maximum absolute atomic E-state index is 13.7. The van der Waals surface area contributed by atoms with Gasteiger partial charge in [0.25, 0.3) is 0 Å². The zero-order valence-corrected chi connectivity index (χ0v) is 12.1. The Hall–Kier alpha value is -1.20. The van der Waals surface area contributed by atoms with Crippen molar-refractivity contribution in [2.75, 3.05) is 5.75 Å². The van der Waals surface area contributed by atoms with Gasteiger partial charge in [0.1, 0.15) is 5.82 Å². The summed E-state index contributed by atoms with van der Waals surface area (Å²) in [5, 5.41) is 0. The molecule has 1 nitrogen and oxygen atoms in total. The van der Waals surface area contributed by atoms with E-state index < -0.39 is 23.0 Å². The van der Waals surface area contributed by atoms with Gasteiger partial charge in [0, 0.05) is 4.90 Å². The third-order valence-electron chi connectivity index (χ3n) is 2.44. The van der Waals surface area contributed by atoms with Crippen molar-refractivity contribution in [1.29, 1.82) is 0 Å². The van der Waals surface area contributed by atoms with Crippen molar-refractivity contribution >= 4 is 33.5 Å². The first kappa shape index (κ1) is 14.2. The van der Waals surface area contributed by atoms with Crippen LogP contribution in [0.25, 0.3) is 0 Å². The predicted molar refractivity (Wildman–Crippen MR) is 75.6 cm³/mol. The lowest BCUT2D eigenvalue weighted by atomic mass is 10.1. The van der Waals surface area contributed by atoms with E-state index in [1.54, 1.807) is 0 Å². The second-order valence-electron chi connectivity index (χ2n) is 3.74. The van der Waals surface area contributed by atoms with Gasteiger partial charge in [0.15, 0.2) is 11.6 Å². The summed E-state index contributed by atoms with van der Waals surface area (Å²) in [6, 6.07) is 11.5. The van der Waals surface area contributed by atoms with Crippen LogP contribution in [0.3, 0.4) is 0 Å². The zero-order valence-electron chi connectivity index (χ0n) is 9.70. The minimum atomic E-state index is -0.848. The Balaban J connectivity index is 2.15. The maximum atomic E-state index is 13.7. The van der Waals surface area contributed by atoms with E-state index in [9.17, 15) is 13.6 Å². The number of hydrogen-bond acceptors (Lipinski definition) is 2. The van der Waals surface area contributed by atoms with E-state index in [1.807, 2.05) is 30.3 Å². The molecule has 0 fully saturated rings. The first-order valence-electron chi connectivity index (χ1n) is 5.44. The van der Waals surface area contributed by atoms with Gasteiger partial charge in [-0.1, -0.05) is 18.2 Å². The lowest BCUT2D eigenvalue weighted by Gasteiger charge is -2.05. The first-order chi connectivity index (χ1) is 9.09. The molecule has 0 spiro atoms. The molecule has 5 heteroatoms. The van der Waals surface area contributed by atoms with Crippen LogP contribution in [0, 0.1) is 11.6 Å². The van der Waals surface area contributed by atoms with Crippen molar-refractivity contribution in [3.8, 4) is 0 Å². The van der Waals surface area contributed by atoms with Crippen LogP contribution in [0.2, 0.25) is 0 Å². The molecule has 98 valence electrons. The Bertz CT molecular complexity index is 602. The molecule has 0 aliphatic rings. The van der Waals surface area contributed by atoms with Crippen LogP contribution >= 0.6 is 27.7 Å². The molecule has 2 rings (SSSR count). The molecule has 0 N–H and O–H groups in total. The monoisotopic (exact) mass is 342 g/mol. The molecule has 0 saturated carbocycles. The second-order valence-corrected chi connectivity index (χ2v) is 5.65. The molecule has 19 heavy (non-hydrogen) atoms. The molecule has 2 aromatic carbocycles. The number of benzene rings is 2. The van der Waals surface area contributed by atoms with E-state index in [1.165, 1.54) is 17.8 Å². The van der Waals surface area contributed by atoms with Crippen molar-refractivity contribution in [1.82, 2.24) is 0 Å². The van der Waals surface area contributed by atoms with E-state index in [0.717, 1.165) is 11.0 Å². The molecule has 0 bridgehead atoms. The molecular formula is C14H9BrF2OS. The molecule has 0 amide bonds. The van der Waals surface area contributed by atoms with Crippen LogP contribution in [-0.2, 0) is 0 Å². The summed E-state index contributed by atoms with van der Waals surface area (Å²) in [6.45, 7) is 0. The Labute approximate surface area is 122 Å². The second kappa shape index (κ2) is 6.30. The standard InChI is InChI=1S/C14H9BrF2OS/c15-10-6-7-11(16)13(14(10)17)12(18)8-19-9-4-2-1-3-5-9/h1-7H,8H2. The molecule has 0 heterocycles. The van der Waals surface area contributed by atoms with Gasteiger partial charge in [0.2, 0.25) is 0 Å². The predicted octanol–water partition coefficient (Wildman–Crippen LogP) is 4.70. The third-order valence-corrected chi connectivity index (χ3v) is 4.06. The van der Waals surface area contributed by atoms with E-state index in [-0.39, 0.29) is 10.2 Å². The Morgan fingerprint density at radius 2 is 1.79 bits per heavy atom. The molecule has 0 saturated heterocycles. The summed E-state index contributed by atoms with van der Waals surface area (Å²) in [5.74, 6) is -2.25. The summed E-state index contributed by atoms with van der Waals surface area (Å²) >= 11 is 4.19. The van der Waals surface area contributed by atoms with Crippen molar-refractivity contribution in [2.24, 2.45) is 0 Å². The molecule has 2 aromatic rings. The first-order valence-corrected chi connectivity index (χ1v) is 7.22. The fourth-order valence-corrected chi connectivity index (χ4v) is 2.64. The van der Waals surface area contributed by atoms with Gasteiger partial charge in [-0.2, -0.15) is 0 Å². The quantitative estimate of drug-likeness (QED) is 0.455. The Morgan fingerprint density at radius 1 is 1.11 bits per heavy atom. The molecule has 0 radical (unpaired) electrons. The zero-order chi connectivity index (χ0) is 13.8. The largest absolute Gasteiger partial charge is 0.293 e. The third kappa shape index (κ3) is 3.42. The molecule has 0 aliphatic heterocycles. The SMILES string of the molecule is O=C(CSc1ccccc1)c1c(F)ccc(Br)c1F. The summed E-state index contributed by atoms with van der Waals surface area (Å²) < 4.78 is 27.3. The van der Waals surface area contributed by atoms with Gasteiger partial charge in [-0.15, -0.1) is 11.8 Å². The summed E-state index contributed by atoms with van der Waals surface area (Å²) in [4.78, 5) is 12.8. The van der Waals surface area contributed by atoms with Crippen LogP contribution in [0.1, 0.15) is 10.4 Å². The summed E-state index contributed by atoms with van der Waals surface area (Å²) in [5.41, 5.74) is -0.488. The number of rotatable bonds is 4. The Kier molecular flexibility index (Phi) is 4.71. The highest BCUT2D eigenvalue weighted by molar-refractivity contribution is 9.10. The van der Waals surface area contributed by atoms with Crippen LogP contribution in [0.5, 0.6) is 0 Å². The number of ketones is 1. The van der Waals surface area contributed by atoms with Gasteiger partial charge in [0.05, 0.1) is 15.8 Å². The number of carbonyl (C=O) groups is 1. The van der Waals surface area contributed by atoms with E-state index in [4.69, 9.17) is 0 Å². The van der Waals surface area contributed by atoms with Crippen molar-refractivity contribution in [2.45, 2.75) is 4.90 Å². The van der Waals surface area contributed by atoms with Gasteiger partial charge in [-0.25, -0.2) is 8.78 Å². The van der Waals surface area contributed by atoms with Crippen LogP contribution < -0.4 is 0 Å². The summed E-state index contributed by atoms with van der Waals surface area (Å²) in [6.07, 6.45) is 0. The fraction of sp³-hybridized carbons (Fsp3) is 0.0714. The maximum Gasteiger partial charge on any atom is 0.179 e. The average molecular weight is 343 g/mol. The number of carbonyl (C=O) groups excluding carboxylic acids is 1. The highest BCUT2D eigenvalue weighted by Crippen LogP contribution is 2.24. The van der Waals surface area contributed by atoms with Crippen molar-refractivity contribution in [3.63, 3.8) is 0 Å².